The highest BCUT2D eigenvalue weighted by Crippen LogP contribution is 2.18. The summed E-state index contributed by atoms with van der Waals surface area (Å²) in [6.45, 7) is 8.65. The van der Waals surface area contributed by atoms with Crippen molar-refractivity contribution in [2.24, 2.45) is 5.92 Å². The average Bonchev–Trinajstić information content (AvgIpc) is 2.29. The van der Waals surface area contributed by atoms with Gasteiger partial charge in [-0.2, -0.15) is 0 Å². The Morgan fingerprint density at radius 1 is 1.19 bits per heavy atom. The molecule has 1 rings (SSSR count). The number of allylic oxidation sites excluding steroid dienone is 3. The lowest BCUT2D eigenvalue weighted by Crippen LogP contribution is -2.03. The van der Waals surface area contributed by atoms with Crippen molar-refractivity contribution in [2.75, 3.05) is 5.32 Å². The Morgan fingerprint density at radius 2 is 1.81 bits per heavy atom. The second-order valence-corrected chi connectivity index (χ2v) is 4.24. The Kier molecular flexibility index (Phi) is 4.84. The van der Waals surface area contributed by atoms with Crippen LogP contribution in [-0.4, -0.2) is 0 Å². The van der Waals surface area contributed by atoms with Crippen molar-refractivity contribution in [3.05, 3.63) is 53.8 Å². The minimum atomic E-state index is 0.558. The summed E-state index contributed by atoms with van der Waals surface area (Å²) in [7, 11) is 0. The van der Waals surface area contributed by atoms with Gasteiger partial charge in [-0.1, -0.05) is 38.1 Å². The number of rotatable bonds is 4. The van der Waals surface area contributed by atoms with E-state index in [9.17, 15) is 0 Å². The quantitative estimate of drug-likeness (QED) is 0.723. The highest BCUT2D eigenvalue weighted by Gasteiger charge is 2.03. The summed E-state index contributed by atoms with van der Waals surface area (Å²) in [5.74, 6) is 0.558. The van der Waals surface area contributed by atoms with Crippen LogP contribution in [-0.2, 0) is 0 Å². The molecule has 0 aliphatic carbocycles. The molecule has 1 aromatic rings. The molecule has 0 saturated carbocycles. The molecule has 0 fully saturated rings. The number of para-hydroxylation sites is 1. The maximum atomic E-state index is 3.45. The van der Waals surface area contributed by atoms with E-state index < -0.39 is 0 Å². The van der Waals surface area contributed by atoms with Crippen molar-refractivity contribution in [1.82, 2.24) is 0 Å². The summed E-state index contributed by atoms with van der Waals surface area (Å²) in [5.41, 5.74) is 3.71. The van der Waals surface area contributed by atoms with Crippen molar-refractivity contribution in [3.8, 4) is 0 Å². The molecule has 1 nitrogen and oxygen atoms in total. The molecule has 16 heavy (non-hydrogen) atoms. The van der Waals surface area contributed by atoms with Gasteiger partial charge in [0.1, 0.15) is 0 Å². The van der Waals surface area contributed by atoms with Gasteiger partial charge in [0.2, 0.25) is 0 Å². The highest BCUT2D eigenvalue weighted by molar-refractivity contribution is 5.51. The Hall–Kier alpha value is -1.50. The van der Waals surface area contributed by atoms with Gasteiger partial charge in [-0.15, -0.1) is 0 Å². The van der Waals surface area contributed by atoms with E-state index >= 15 is 0 Å². The maximum absolute atomic E-state index is 3.45. The fraction of sp³-hybridized carbons (Fsp3) is 0.333. The van der Waals surface area contributed by atoms with Crippen LogP contribution in [0.3, 0.4) is 0 Å². The molecular formula is C15H21N. The molecule has 1 aromatic carbocycles. The Labute approximate surface area is 98.9 Å². The molecular weight excluding hydrogens is 194 g/mol. The smallest absolute Gasteiger partial charge is 0.0384 e. The lowest BCUT2D eigenvalue weighted by molar-refractivity contribution is 0.761. The SMILES string of the molecule is C/C=C\C(Nc1ccccc1)=C(/C)C(C)C. The zero-order valence-corrected chi connectivity index (χ0v) is 10.6. The fourth-order valence-electron chi connectivity index (χ4n) is 1.43. The van der Waals surface area contributed by atoms with Gasteiger partial charge in [-0.3, -0.25) is 0 Å². The molecule has 0 aliphatic rings. The number of hydrogen-bond donors (Lipinski definition) is 1. The van der Waals surface area contributed by atoms with E-state index in [1.807, 2.05) is 25.1 Å². The van der Waals surface area contributed by atoms with Gasteiger partial charge in [0.15, 0.2) is 0 Å². The molecule has 0 heterocycles. The van der Waals surface area contributed by atoms with Crippen LogP contribution in [0.1, 0.15) is 27.7 Å². The Bertz CT molecular complexity index is 372. The van der Waals surface area contributed by atoms with Crippen LogP contribution in [0.25, 0.3) is 0 Å². The highest BCUT2D eigenvalue weighted by atomic mass is 14.9. The molecule has 0 aliphatic heterocycles. The topological polar surface area (TPSA) is 12.0 Å². The van der Waals surface area contributed by atoms with Crippen LogP contribution < -0.4 is 5.32 Å². The fourth-order valence-corrected chi connectivity index (χ4v) is 1.43. The molecule has 1 heteroatoms. The van der Waals surface area contributed by atoms with Gasteiger partial charge in [0.25, 0.3) is 0 Å². The number of anilines is 1. The first-order chi connectivity index (χ1) is 7.65. The summed E-state index contributed by atoms with van der Waals surface area (Å²) in [4.78, 5) is 0. The van der Waals surface area contributed by atoms with E-state index in [2.05, 4.69) is 50.4 Å². The molecule has 0 saturated heterocycles. The molecule has 0 spiro atoms. The van der Waals surface area contributed by atoms with Crippen molar-refractivity contribution in [2.45, 2.75) is 27.7 Å². The molecule has 0 radical (unpaired) electrons. The number of benzene rings is 1. The predicted octanol–water partition coefficient (Wildman–Crippen LogP) is 4.60. The summed E-state index contributed by atoms with van der Waals surface area (Å²) in [6.07, 6.45) is 4.19. The zero-order valence-electron chi connectivity index (χ0n) is 10.6. The lowest BCUT2D eigenvalue weighted by Gasteiger charge is -2.14. The molecule has 0 bridgehead atoms. The van der Waals surface area contributed by atoms with Crippen LogP contribution >= 0.6 is 0 Å². The third kappa shape index (κ3) is 3.58. The predicted molar refractivity (Wildman–Crippen MR) is 72.4 cm³/mol. The largest absolute Gasteiger partial charge is 0.356 e. The minimum absolute atomic E-state index is 0.558. The van der Waals surface area contributed by atoms with Gasteiger partial charge in [0, 0.05) is 11.4 Å². The molecule has 86 valence electrons. The summed E-state index contributed by atoms with van der Waals surface area (Å²) < 4.78 is 0. The summed E-state index contributed by atoms with van der Waals surface area (Å²) in [6, 6.07) is 10.3. The Balaban J connectivity index is 2.93. The first-order valence-electron chi connectivity index (χ1n) is 5.80. The van der Waals surface area contributed by atoms with Gasteiger partial charge >= 0.3 is 0 Å². The normalized spacial score (nSPS) is 13.1. The van der Waals surface area contributed by atoms with Gasteiger partial charge in [0.05, 0.1) is 0 Å². The van der Waals surface area contributed by atoms with Crippen molar-refractivity contribution in [1.29, 1.82) is 0 Å². The van der Waals surface area contributed by atoms with Gasteiger partial charge < -0.3 is 5.32 Å². The van der Waals surface area contributed by atoms with Crippen LogP contribution in [0.5, 0.6) is 0 Å². The van der Waals surface area contributed by atoms with Crippen LogP contribution in [0.4, 0.5) is 5.69 Å². The first kappa shape index (κ1) is 12.6. The van der Waals surface area contributed by atoms with Crippen LogP contribution in [0.2, 0.25) is 0 Å². The molecule has 0 unspecified atom stereocenters. The zero-order chi connectivity index (χ0) is 12.0. The monoisotopic (exact) mass is 215 g/mol. The second kappa shape index (κ2) is 6.16. The third-order valence-electron chi connectivity index (χ3n) is 2.68. The third-order valence-corrected chi connectivity index (χ3v) is 2.68. The Morgan fingerprint density at radius 3 is 2.31 bits per heavy atom. The van der Waals surface area contributed by atoms with Crippen LogP contribution in [0, 0.1) is 5.92 Å². The standard InChI is InChI=1S/C15H21N/c1-5-9-15(13(4)12(2)3)16-14-10-7-6-8-11-14/h5-12,16H,1-4H3/b9-5-,15-13-. The number of nitrogens with one attached hydrogen (secondary N) is 1. The maximum Gasteiger partial charge on any atom is 0.0384 e. The molecule has 0 atom stereocenters. The minimum Gasteiger partial charge on any atom is -0.356 e. The van der Waals surface area contributed by atoms with Crippen molar-refractivity contribution < 1.29 is 0 Å². The van der Waals surface area contributed by atoms with E-state index in [0.29, 0.717) is 5.92 Å². The van der Waals surface area contributed by atoms with Crippen molar-refractivity contribution >= 4 is 5.69 Å². The molecule has 0 aromatic heterocycles. The summed E-state index contributed by atoms with van der Waals surface area (Å²) in [5, 5.41) is 3.45. The van der Waals surface area contributed by atoms with E-state index in [-0.39, 0.29) is 0 Å². The van der Waals surface area contributed by atoms with E-state index in [1.54, 1.807) is 0 Å². The van der Waals surface area contributed by atoms with Gasteiger partial charge in [-0.25, -0.2) is 0 Å². The molecule has 1 N–H and O–H groups in total. The van der Waals surface area contributed by atoms with E-state index in [0.717, 1.165) is 5.69 Å². The van der Waals surface area contributed by atoms with E-state index in [4.69, 9.17) is 0 Å². The lowest BCUT2D eigenvalue weighted by atomic mass is 10.0. The number of hydrogen-bond acceptors (Lipinski definition) is 1. The van der Waals surface area contributed by atoms with Gasteiger partial charge in [-0.05, 0) is 43.5 Å². The second-order valence-electron chi connectivity index (χ2n) is 4.24. The molecule has 0 amide bonds. The first-order valence-corrected chi connectivity index (χ1v) is 5.80. The van der Waals surface area contributed by atoms with Crippen LogP contribution in [0.15, 0.2) is 53.8 Å². The average molecular weight is 215 g/mol. The summed E-state index contributed by atoms with van der Waals surface area (Å²) >= 11 is 0. The van der Waals surface area contributed by atoms with Crippen molar-refractivity contribution in [3.63, 3.8) is 0 Å². The van der Waals surface area contributed by atoms with E-state index in [1.165, 1.54) is 11.3 Å².